The molecule has 1 aromatic heterocycles. The molecule has 2 N–H and O–H groups in total. The normalized spacial score (nSPS) is 32.0. The van der Waals surface area contributed by atoms with Gasteiger partial charge in [-0.25, -0.2) is 4.79 Å². The fraction of sp³-hybridized carbons (Fsp3) is 0.737. The number of nitrogens with one attached hydrogen (secondary N) is 2. The Hall–Kier alpha value is -1.53. The van der Waals surface area contributed by atoms with Crippen molar-refractivity contribution in [2.24, 2.45) is 11.3 Å². The van der Waals surface area contributed by atoms with Crippen molar-refractivity contribution in [2.45, 2.75) is 51.3 Å². The maximum Gasteiger partial charge on any atom is 0.315 e. The molecule has 0 bridgehead atoms. The molecule has 6 heteroatoms. The van der Waals surface area contributed by atoms with Crippen molar-refractivity contribution in [3.63, 3.8) is 0 Å². The molecular formula is C19H29N3O3. The highest BCUT2D eigenvalue weighted by Crippen LogP contribution is 2.52. The topological polar surface area (TPSA) is 66.7 Å². The molecule has 0 spiro atoms. The van der Waals surface area contributed by atoms with E-state index in [4.69, 9.17) is 9.15 Å². The van der Waals surface area contributed by atoms with Crippen molar-refractivity contribution in [1.29, 1.82) is 0 Å². The van der Waals surface area contributed by atoms with Crippen LogP contribution in [0, 0.1) is 11.3 Å². The van der Waals surface area contributed by atoms with Crippen molar-refractivity contribution in [2.75, 3.05) is 26.2 Å². The number of hydrogen-bond acceptors (Lipinski definition) is 4. The Morgan fingerprint density at radius 1 is 1.40 bits per heavy atom. The molecule has 6 nitrogen and oxygen atoms in total. The summed E-state index contributed by atoms with van der Waals surface area (Å²) in [5, 5.41) is 6.26. The van der Waals surface area contributed by atoms with E-state index in [-0.39, 0.29) is 23.5 Å². The number of urea groups is 1. The number of carbonyl (C=O) groups is 1. The number of nitrogens with zero attached hydrogens (tertiary/aromatic N) is 1. The second-order valence-corrected chi connectivity index (χ2v) is 8.17. The lowest BCUT2D eigenvalue weighted by atomic mass is 9.57. The third-order valence-electron chi connectivity index (χ3n) is 6.30. The van der Waals surface area contributed by atoms with E-state index in [0.29, 0.717) is 18.6 Å². The molecule has 138 valence electrons. The smallest absolute Gasteiger partial charge is 0.315 e. The van der Waals surface area contributed by atoms with Crippen molar-refractivity contribution in [1.82, 2.24) is 15.5 Å². The zero-order valence-corrected chi connectivity index (χ0v) is 15.2. The van der Waals surface area contributed by atoms with Gasteiger partial charge in [0.15, 0.2) is 0 Å². The highest BCUT2D eigenvalue weighted by molar-refractivity contribution is 5.74. The van der Waals surface area contributed by atoms with E-state index >= 15 is 0 Å². The lowest BCUT2D eigenvalue weighted by Gasteiger charge is -2.54. The molecule has 3 aliphatic rings. The zero-order chi connectivity index (χ0) is 17.4. The predicted octanol–water partition coefficient (Wildman–Crippen LogP) is 2.53. The quantitative estimate of drug-likeness (QED) is 0.859. The lowest BCUT2D eigenvalue weighted by molar-refractivity contribution is -0.108. The Bertz CT molecular complexity index is 595. The van der Waals surface area contributed by atoms with Crippen LogP contribution in [-0.2, 0) is 4.74 Å². The number of ether oxygens (including phenoxy) is 1. The fourth-order valence-electron chi connectivity index (χ4n) is 4.94. The number of carbonyl (C=O) groups excluding carboxylic acids is 1. The van der Waals surface area contributed by atoms with Crippen LogP contribution in [0.15, 0.2) is 22.8 Å². The van der Waals surface area contributed by atoms with E-state index < -0.39 is 0 Å². The summed E-state index contributed by atoms with van der Waals surface area (Å²) in [4.78, 5) is 14.9. The molecule has 1 aromatic rings. The second-order valence-electron chi connectivity index (χ2n) is 8.17. The number of rotatable bonds is 5. The zero-order valence-electron chi connectivity index (χ0n) is 15.2. The minimum atomic E-state index is -0.0841. The second kappa shape index (κ2) is 6.65. The summed E-state index contributed by atoms with van der Waals surface area (Å²) in [6.45, 7) is 7.86. The van der Waals surface area contributed by atoms with Crippen LogP contribution in [-0.4, -0.2) is 49.3 Å². The number of likely N-dealkylation sites (tertiary alicyclic amines) is 1. The Kier molecular flexibility index (Phi) is 4.50. The first-order chi connectivity index (χ1) is 12.1. The third-order valence-corrected chi connectivity index (χ3v) is 6.30. The fourth-order valence-corrected chi connectivity index (χ4v) is 4.94. The van der Waals surface area contributed by atoms with Crippen LogP contribution >= 0.6 is 0 Å². The number of amides is 2. The van der Waals surface area contributed by atoms with Gasteiger partial charge in [-0.2, -0.15) is 0 Å². The van der Waals surface area contributed by atoms with Gasteiger partial charge in [0.25, 0.3) is 0 Å². The third kappa shape index (κ3) is 3.06. The van der Waals surface area contributed by atoms with Crippen LogP contribution in [0.3, 0.4) is 0 Å². The average Bonchev–Trinajstić information content (AvgIpc) is 3.33. The first kappa shape index (κ1) is 16.9. The van der Waals surface area contributed by atoms with Crippen molar-refractivity contribution in [3.05, 3.63) is 24.2 Å². The largest absolute Gasteiger partial charge is 0.468 e. The van der Waals surface area contributed by atoms with Crippen LogP contribution in [0.2, 0.25) is 0 Å². The molecule has 0 aromatic carbocycles. The standard InChI is InChI=1S/C19H29N3O3/c1-19(2)16(13-7-11-25-17(13)19)21-18(23)20-12-14(15-6-5-10-24-15)22-8-3-4-9-22/h5-6,10,13-14,16-17H,3-4,7-9,11-12H2,1-2H3,(H2,20,21,23)/t13-,14-,16-,17+/m1/s1. The molecular weight excluding hydrogens is 318 g/mol. The maximum absolute atomic E-state index is 12.5. The summed E-state index contributed by atoms with van der Waals surface area (Å²) in [5.41, 5.74) is 0.00781. The van der Waals surface area contributed by atoms with E-state index in [2.05, 4.69) is 29.4 Å². The summed E-state index contributed by atoms with van der Waals surface area (Å²) in [6.07, 6.45) is 5.46. The Morgan fingerprint density at radius 2 is 2.20 bits per heavy atom. The van der Waals surface area contributed by atoms with Gasteiger partial charge in [-0.3, -0.25) is 4.90 Å². The minimum absolute atomic E-state index is 0.00781. The van der Waals surface area contributed by atoms with Crippen LogP contribution in [0.5, 0.6) is 0 Å². The lowest BCUT2D eigenvalue weighted by Crippen LogP contribution is -2.67. The van der Waals surface area contributed by atoms with Gasteiger partial charge in [0.2, 0.25) is 0 Å². The molecule has 4 atom stereocenters. The van der Waals surface area contributed by atoms with E-state index in [0.717, 1.165) is 31.9 Å². The number of hydrogen-bond donors (Lipinski definition) is 2. The molecule has 0 radical (unpaired) electrons. The van der Waals surface area contributed by atoms with Gasteiger partial charge >= 0.3 is 6.03 Å². The van der Waals surface area contributed by atoms with Gasteiger partial charge < -0.3 is 19.8 Å². The number of furan rings is 1. The first-order valence-corrected chi connectivity index (χ1v) is 9.51. The Labute approximate surface area is 149 Å². The summed E-state index contributed by atoms with van der Waals surface area (Å²) in [7, 11) is 0. The van der Waals surface area contributed by atoms with Gasteiger partial charge in [0.05, 0.1) is 18.4 Å². The SMILES string of the molecule is CC1(C)[C@H](NC(=O)NC[C@H](c2ccco2)N2CCCC2)[C@H]2CCO[C@@H]21. The molecule has 4 rings (SSSR count). The molecule has 25 heavy (non-hydrogen) atoms. The first-order valence-electron chi connectivity index (χ1n) is 9.51. The molecule has 2 aliphatic heterocycles. The summed E-state index contributed by atoms with van der Waals surface area (Å²) in [6, 6.07) is 4.13. The summed E-state index contributed by atoms with van der Waals surface area (Å²) < 4.78 is 11.4. The van der Waals surface area contributed by atoms with Gasteiger partial charge in [-0.05, 0) is 44.5 Å². The average molecular weight is 347 g/mol. The van der Waals surface area contributed by atoms with E-state index in [1.807, 2.05) is 12.1 Å². The van der Waals surface area contributed by atoms with E-state index in [9.17, 15) is 4.79 Å². The predicted molar refractivity (Wildman–Crippen MR) is 94.2 cm³/mol. The Balaban J connectivity index is 1.34. The molecule has 1 aliphatic carbocycles. The van der Waals surface area contributed by atoms with Crippen LogP contribution < -0.4 is 10.6 Å². The van der Waals surface area contributed by atoms with Crippen molar-refractivity contribution >= 4 is 6.03 Å². The highest BCUT2D eigenvalue weighted by atomic mass is 16.5. The Morgan fingerprint density at radius 3 is 2.92 bits per heavy atom. The van der Waals surface area contributed by atoms with Gasteiger partial charge in [0.1, 0.15) is 5.76 Å². The summed E-state index contributed by atoms with van der Waals surface area (Å²) in [5.74, 6) is 1.38. The highest BCUT2D eigenvalue weighted by Gasteiger charge is 2.59. The summed E-state index contributed by atoms with van der Waals surface area (Å²) >= 11 is 0. The van der Waals surface area contributed by atoms with Crippen LogP contribution in [0.25, 0.3) is 0 Å². The van der Waals surface area contributed by atoms with E-state index in [1.54, 1.807) is 6.26 Å². The van der Waals surface area contributed by atoms with Crippen LogP contribution in [0.1, 0.15) is 44.9 Å². The number of fused-ring (bicyclic) bond motifs is 1. The van der Waals surface area contributed by atoms with Crippen molar-refractivity contribution in [3.8, 4) is 0 Å². The molecule has 3 heterocycles. The molecule has 2 amide bonds. The van der Waals surface area contributed by atoms with Gasteiger partial charge in [-0.15, -0.1) is 0 Å². The minimum Gasteiger partial charge on any atom is -0.468 e. The van der Waals surface area contributed by atoms with Crippen molar-refractivity contribution < 1.29 is 13.9 Å². The molecule has 3 fully saturated rings. The van der Waals surface area contributed by atoms with E-state index in [1.165, 1.54) is 12.8 Å². The molecule has 2 saturated heterocycles. The monoisotopic (exact) mass is 347 g/mol. The molecule has 0 unspecified atom stereocenters. The maximum atomic E-state index is 12.5. The van der Waals surface area contributed by atoms with Gasteiger partial charge in [-0.1, -0.05) is 13.8 Å². The molecule has 1 saturated carbocycles. The van der Waals surface area contributed by atoms with Crippen LogP contribution in [0.4, 0.5) is 4.79 Å². The van der Waals surface area contributed by atoms with Gasteiger partial charge in [0, 0.05) is 30.5 Å².